The first-order valence-corrected chi connectivity index (χ1v) is 11.6. The Morgan fingerprint density at radius 1 is 0.970 bits per heavy atom. The molecule has 170 valence electrons. The predicted octanol–water partition coefficient (Wildman–Crippen LogP) is 3.89. The van der Waals surface area contributed by atoms with Gasteiger partial charge in [-0.15, -0.1) is 0 Å². The number of carbonyl (C=O) groups is 2. The second kappa shape index (κ2) is 8.81. The molecule has 1 amide bonds. The molecule has 1 aromatic heterocycles. The van der Waals surface area contributed by atoms with Crippen molar-refractivity contribution in [3.05, 3.63) is 69.3 Å². The van der Waals surface area contributed by atoms with Crippen molar-refractivity contribution in [2.45, 2.75) is 51.5 Å². The van der Waals surface area contributed by atoms with E-state index in [0.29, 0.717) is 41.5 Å². The number of aryl methyl sites for hydroxylation is 1. The highest BCUT2D eigenvalue weighted by Gasteiger charge is 2.27. The van der Waals surface area contributed by atoms with Crippen molar-refractivity contribution >= 4 is 28.5 Å². The first kappa shape index (κ1) is 21.4. The molecule has 5 rings (SSSR count). The number of hydrogen-bond donors (Lipinski definition) is 0. The van der Waals surface area contributed by atoms with Gasteiger partial charge in [0.1, 0.15) is 5.82 Å². The van der Waals surface area contributed by atoms with Gasteiger partial charge in [-0.3, -0.25) is 14.2 Å². The summed E-state index contributed by atoms with van der Waals surface area (Å²) in [4.78, 5) is 45.3. The fraction of sp³-hybridized carbons (Fsp3) is 0.385. The highest BCUT2D eigenvalue weighted by Crippen LogP contribution is 2.31. The minimum absolute atomic E-state index is 0.0260. The van der Waals surface area contributed by atoms with Crippen LogP contribution in [0.15, 0.2) is 41.2 Å². The molecule has 0 N–H and O–H groups in total. The van der Waals surface area contributed by atoms with Gasteiger partial charge in [0.2, 0.25) is 0 Å². The van der Waals surface area contributed by atoms with Gasteiger partial charge in [-0.2, -0.15) is 0 Å². The van der Waals surface area contributed by atoms with Crippen LogP contribution in [0.1, 0.15) is 64.2 Å². The SMILES string of the molecule is COC(=O)c1cccc2c1CCCN2C(=O)c1ccc2c(=O)n3c(nc2c1)CCCCCC3. The Kier molecular flexibility index (Phi) is 5.70. The zero-order chi connectivity index (χ0) is 22.9. The lowest BCUT2D eigenvalue weighted by Crippen LogP contribution is -2.36. The number of fused-ring (bicyclic) bond motifs is 3. The molecule has 0 spiro atoms. The first-order valence-electron chi connectivity index (χ1n) is 11.6. The Morgan fingerprint density at radius 3 is 2.67 bits per heavy atom. The van der Waals surface area contributed by atoms with Crippen LogP contribution in [-0.4, -0.2) is 35.1 Å². The Hall–Kier alpha value is -3.48. The van der Waals surface area contributed by atoms with Crippen LogP contribution < -0.4 is 10.5 Å². The van der Waals surface area contributed by atoms with Crippen molar-refractivity contribution in [3.63, 3.8) is 0 Å². The summed E-state index contributed by atoms with van der Waals surface area (Å²) in [6.45, 7) is 1.26. The first-order chi connectivity index (χ1) is 16.1. The lowest BCUT2D eigenvalue weighted by Gasteiger charge is -2.30. The van der Waals surface area contributed by atoms with Crippen molar-refractivity contribution in [3.8, 4) is 0 Å². The maximum Gasteiger partial charge on any atom is 0.338 e. The quantitative estimate of drug-likeness (QED) is 0.559. The number of esters is 1. The normalized spacial score (nSPS) is 15.8. The van der Waals surface area contributed by atoms with E-state index < -0.39 is 5.97 Å². The van der Waals surface area contributed by atoms with Crippen LogP contribution in [-0.2, 0) is 24.1 Å². The van der Waals surface area contributed by atoms with Crippen LogP contribution in [0, 0.1) is 0 Å². The highest BCUT2D eigenvalue weighted by atomic mass is 16.5. The predicted molar refractivity (Wildman–Crippen MR) is 126 cm³/mol. The summed E-state index contributed by atoms with van der Waals surface area (Å²) in [5.41, 5.74) is 3.10. The minimum Gasteiger partial charge on any atom is -0.465 e. The second-order valence-corrected chi connectivity index (χ2v) is 8.74. The molecule has 3 aromatic rings. The van der Waals surface area contributed by atoms with Crippen molar-refractivity contribution in [2.75, 3.05) is 18.6 Å². The number of amides is 1. The smallest absolute Gasteiger partial charge is 0.338 e. The molecule has 0 atom stereocenters. The fourth-order valence-electron chi connectivity index (χ4n) is 5.02. The Morgan fingerprint density at radius 2 is 1.82 bits per heavy atom. The lowest BCUT2D eigenvalue weighted by molar-refractivity contribution is 0.0599. The molecule has 0 bridgehead atoms. The van der Waals surface area contributed by atoms with E-state index in [1.807, 2.05) is 6.07 Å². The zero-order valence-corrected chi connectivity index (χ0v) is 18.8. The van der Waals surface area contributed by atoms with E-state index >= 15 is 0 Å². The van der Waals surface area contributed by atoms with Gasteiger partial charge in [0.25, 0.3) is 11.5 Å². The average molecular weight is 446 g/mol. The molecule has 0 saturated carbocycles. The van der Waals surface area contributed by atoms with Gasteiger partial charge in [-0.1, -0.05) is 18.9 Å². The number of benzene rings is 2. The Bertz CT molecular complexity index is 1310. The van der Waals surface area contributed by atoms with Crippen LogP contribution in [0.3, 0.4) is 0 Å². The molecular formula is C26H27N3O4. The highest BCUT2D eigenvalue weighted by molar-refractivity contribution is 6.09. The van der Waals surface area contributed by atoms with Gasteiger partial charge in [0.15, 0.2) is 0 Å². The van der Waals surface area contributed by atoms with Crippen LogP contribution >= 0.6 is 0 Å². The summed E-state index contributed by atoms with van der Waals surface area (Å²) < 4.78 is 6.73. The largest absolute Gasteiger partial charge is 0.465 e. The number of anilines is 1. The van der Waals surface area contributed by atoms with Gasteiger partial charge in [-0.25, -0.2) is 9.78 Å². The third-order valence-electron chi connectivity index (χ3n) is 6.71. The molecule has 7 heteroatoms. The number of rotatable bonds is 2. The van der Waals surface area contributed by atoms with E-state index in [1.165, 1.54) is 7.11 Å². The molecular weight excluding hydrogens is 418 g/mol. The maximum absolute atomic E-state index is 13.5. The zero-order valence-electron chi connectivity index (χ0n) is 18.8. The number of hydrogen-bond acceptors (Lipinski definition) is 5. The molecule has 33 heavy (non-hydrogen) atoms. The van der Waals surface area contributed by atoms with Gasteiger partial charge >= 0.3 is 5.97 Å². The summed E-state index contributed by atoms with van der Waals surface area (Å²) in [5.74, 6) is 0.254. The van der Waals surface area contributed by atoms with E-state index in [-0.39, 0.29) is 11.5 Å². The topological polar surface area (TPSA) is 81.5 Å². The number of ether oxygens (including phenoxy) is 1. The van der Waals surface area contributed by atoms with Crippen LogP contribution in [0.25, 0.3) is 10.9 Å². The van der Waals surface area contributed by atoms with E-state index in [0.717, 1.165) is 55.6 Å². The van der Waals surface area contributed by atoms with E-state index in [1.54, 1.807) is 39.8 Å². The van der Waals surface area contributed by atoms with Crippen LogP contribution in [0.5, 0.6) is 0 Å². The second-order valence-electron chi connectivity index (χ2n) is 8.74. The lowest BCUT2D eigenvalue weighted by atomic mass is 9.95. The Labute approximate surface area is 192 Å². The van der Waals surface area contributed by atoms with E-state index in [9.17, 15) is 14.4 Å². The third-order valence-corrected chi connectivity index (χ3v) is 6.71. The summed E-state index contributed by atoms with van der Waals surface area (Å²) in [5, 5.41) is 0.544. The molecule has 0 saturated heterocycles. The van der Waals surface area contributed by atoms with Crippen molar-refractivity contribution in [2.24, 2.45) is 0 Å². The van der Waals surface area contributed by atoms with E-state index in [2.05, 4.69) is 0 Å². The van der Waals surface area contributed by atoms with Crippen molar-refractivity contribution in [1.82, 2.24) is 9.55 Å². The Balaban J connectivity index is 1.54. The standard InChI is InChI=1S/C26H27N3O4/c1-33-26(32)19-8-6-10-22-18(19)9-7-15-28(22)24(30)17-12-13-20-21(16-17)27-23-11-4-2-3-5-14-29(23)25(20)31/h6,8,10,12-13,16H,2-5,7,9,11,14-15H2,1H3. The van der Waals surface area contributed by atoms with Gasteiger partial charge in [0, 0.05) is 30.8 Å². The van der Waals surface area contributed by atoms with Crippen molar-refractivity contribution in [1.29, 1.82) is 0 Å². The van der Waals surface area contributed by atoms with Gasteiger partial charge in [-0.05, 0) is 61.6 Å². The van der Waals surface area contributed by atoms with Crippen molar-refractivity contribution < 1.29 is 14.3 Å². The van der Waals surface area contributed by atoms with Crippen LogP contribution in [0.4, 0.5) is 5.69 Å². The molecule has 2 aromatic carbocycles. The number of methoxy groups -OCH3 is 1. The molecule has 3 heterocycles. The molecule has 2 aliphatic rings. The minimum atomic E-state index is -0.395. The number of aromatic nitrogens is 2. The molecule has 0 aliphatic carbocycles. The number of nitrogens with zero attached hydrogens (tertiary/aromatic N) is 3. The molecule has 2 aliphatic heterocycles. The molecule has 0 fully saturated rings. The summed E-state index contributed by atoms with van der Waals surface area (Å²) >= 11 is 0. The van der Waals surface area contributed by atoms with E-state index in [4.69, 9.17) is 9.72 Å². The summed E-state index contributed by atoms with van der Waals surface area (Å²) in [7, 11) is 1.36. The van der Waals surface area contributed by atoms with Crippen LogP contribution in [0.2, 0.25) is 0 Å². The fourth-order valence-corrected chi connectivity index (χ4v) is 5.02. The average Bonchev–Trinajstić information content (AvgIpc) is 2.83. The molecule has 0 unspecified atom stereocenters. The molecule has 7 nitrogen and oxygen atoms in total. The third kappa shape index (κ3) is 3.81. The summed E-state index contributed by atoms with van der Waals surface area (Å²) in [6.07, 6.45) is 6.53. The molecule has 0 radical (unpaired) electrons. The van der Waals surface area contributed by atoms with Gasteiger partial charge in [0.05, 0.1) is 23.6 Å². The summed E-state index contributed by atoms with van der Waals surface area (Å²) in [6, 6.07) is 10.5. The number of carbonyl (C=O) groups excluding carboxylic acids is 2. The monoisotopic (exact) mass is 445 g/mol. The van der Waals surface area contributed by atoms with Gasteiger partial charge < -0.3 is 9.64 Å². The maximum atomic E-state index is 13.5.